The maximum atomic E-state index is 8.83. The van der Waals surface area contributed by atoms with Crippen LogP contribution in [-0.2, 0) is 0 Å². The smallest absolute Gasteiger partial charge is 0.231 e. The molecule has 19 heavy (non-hydrogen) atoms. The molecular formula is C14H17N3O2. The lowest BCUT2D eigenvalue weighted by Crippen LogP contribution is -2.46. The van der Waals surface area contributed by atoms with E-state index in [4.69, 9.17) is 14.7 Å². The maximum absolute atomic E-state index is 8.83. The lowest BCUT2D eigenvalue weighted by Gasteiger charge is -2.38. The summed E-state index contributed by atoms with van der Waals surface area (Å²) in [5, 5.41) is 8.83. The Labute approximate surface area is 112 Å². The molecule has 0 amide bonds. The van der Waals surface area contributed by atoms with Crippen LogP contribution in [0.15, 0.2) is 18.2 Å². The summed E-state index contributed by atoms with van der Waals surface area (Å²) in [5.74, 6) is 1.64. The molecule has 5 heteroatoms. The fraction of sp³-hybridized carbons (Fsp3) is 0.500. The van der Waals surface area contributed by atoms with Crippen LogP contribution in [-0.4, -0.2) is 49.8 Å². The van der Waals surface area contributed by atoms with Gasteiger partial charge in [0.15, 0.2) is 11.5 Å². The van der Waals surface area contributed by atoms with E-state index in [1.54, 1.807) is 0 Å². The van der Waals surface area contributed by atoms with Gasteiger partial charge in [0.25, 0.3) is 0 Å². The highest BCUT2D eigenvalue weighted by Gasteiger charge is 2.27. The van der Waals surface area contributed by atoms with E-state index in [1.165, 1.54) is 5.56 Å². The van der Waals surface area contributed by atoms with Crippen LogP contribution in [0.1, 0.15) is 11.6 Å². The molecule has 1 atom stereocenters. The molecule has 5 nitrogen and oxygen atoms in total. The van der Waals surface area contributed by atoms with Crippen LogP contribution in [0.2, 0.25) is 0 Å². The Balaban J connectivity index is 1.81. The first-order valence-electron chi connectivity index (χ1n) is 6.47. The van der Waals surface area contributed by atoms with Gasteiger partial charge in [0.05, 0.1) is 12.6 Å². The van der Waals surface area contributed by atoms with E-state index in [-0.39, 0.29) is 0 Å². The molecule has 0 spiro atoms. The van der Waals surface area contributed by atoms with E-state index in [1.807, 2.05) is 6.07 Å². The molecule has 1 fully saturated rings. The minimum absolute atomic E-state index is 0.302. The van der Waals surface area contributed by atoms with E-state index in [9.17, 15) is 0 Å². The highest BCUT2D eigenvalue weighted by molar-refractivity contribution is 5.45. The summed E-state index contributed by atoms with van der Waals surface area (Å²) >= 11 is 0. The van der Waals surface area contributed by atoms with Crippen LogP contribution in [0.25, 0.3) is 0 Å². The second-order valence-electron chi connectivity index (χ2n) is 5.00. The molecule has 0 N–H and O–H groups in total. The first-order chi connectivity index (χ1) is 9.28. The van der Waals surface area contributed by atoms with Gasteiger partial charge in [-0.05, 0) is 24.7 Å². The number of ether oxygens (including phenoxy) is 2. The first-order valence-corrected chi connectivity index (χ1v) is 6.47. The summed E-state index contributed by atoms with van der Waals surface area (Å²) in [4.78, 5) is 4.51. The van der Waals surface area contributed by atoms with Crippen LogP contribution >= 0.6 is 0 Å². The minimum Gasteiger partial charge on any atom is -0.454 e. The van der Waals surface area contributed by atoms with Gasteiger partial charge in [-0.25, -0.2) is 0 Å². The van der Waals surface area contributed by atoms with Crippen molar-refractivity contribution >= 4 is 0 Å². The Kier molecular flexibility index (Phi) is 3.28. The standard InChI is InChI=1S/C14H17N3O2/c1-16-6-7-17(5-4-15)9-12(16)11-2-3-13-14(8-11)19-10-18-13/h2-3,8,12H,5-7,9-10H2,1H3. The van der Waals surface area contributed by atoms with Gasteiger partial charge in [-0.2, -0.15) is 5.26 Å². The van der Waals surface area contributed by atoms with Gasteiger partial charge in [0.2, 0.25) is 6.79 Å². The SMILES string of the molecule is CN1CCN(CC#N)CC1c1ccc2c(c1)OCO2. The molecule has 3 rings (SSSR count). The molecule has 100 valence electrons. The van der Waals surface area contributed by atoms with E-state index < -0.39 is 0 Å². The lowest BCUT2D eigenvalue weighted by molar-refractivity contribution is 0.105. The lowest BCUT2D eigenvalue weighted by atomic mass is 10.0. The van der Waals surface area contributed by atoms with Crippen LogP contribution in [0.3, 0.4) is 0 Å². The zero-order valence-corrected chi connectivity index (χ0v) is 11.0. The topological polar surface area (TPSA) is 48.7 Å². The van der Waals surface area contributed by atoms with E-state index in [0.717, 1.165) is 31.1 Å². The van der Waals surface area contributed by atoms with Crippen molar-refractivity contribution < 1.29 is 9.47 Å². The second kappa shape index (κ2) is 5.08. The number of hydrogen-bond donors (Lipinski definition) is 0. The zero-order valence-electron chi connectivity index (χ0n) is 11.0. The van der Waals surface area contributed by atoms with Crippen molar-refractivity contribution in [3.8, 4) is 17.6 Å². The van der Waals surface area contributed by atoms with Crippen LogP contribution in [0, 0.1) is 11.3 Å². The zero-order chi connectivity index (χ0) is 13.2. The molecule has 2 aliphatic heterocycles. The number of hydrogen-bond acceptors (Lipinski definition) is 5. The summed E-state index contributed by atoms with van der Waals surface area (Å²) in [6.45, 7) is 3.60. The predicted octanol–water partition coefficient (Wildman–Crippen LogP) is 1.23. The highest BCUT2D eigenvalue weighted by atomic mass is 16.7. The van der Waals surface area contributed by atoms with E-state index in [0.29, 0.717) is 19.4 Å². The van der Waals surface area contributed by atoms with Gasteiger partial charge < -0.3 is 9.47 Å². The average molecular weight is 259 g/mol. The molecule has 0 aliphatic carbocycles. The largest absolute Gasteiger partial charge is 0.454 e. The molecule has 0 saturated carbocycles. The molecule has 2 heterocycles. The monoisotopic (exact) mass is 259 g/mol. The Morgan fingerprint density at radius 2 is 2.16 bits per heavy atom. The van der Waals surface area contributed by atoms with Gasteiger partial charge in [-0.3, -0.25) is 9.80 Å². The summed E-state index contributed by atoms with van der Waals surface area (Å²) in [7, 11) is 2.12. The number of likely N-dealkylation sites (N-methyl/N-ethyl adjacent to an activating group) is 1. The Morgan fingerprint density at radius 1 is 1.32 bits per heavy atom. The average Bonchev–Trinajstić information content (AvgIpc) is 2.88. The van der Waals surface area contributed by atoms with Gasteiger partial charge in [-0.15, -0.1) is 0 Å². The Morgan fingerprint density at radius 3 is 3.00 bits per heavy atom. The Hall–Kier alpha value is -1.77. The number of nitrogens with zero attached hydrogens (tertiary/aromatic N) is 3. The molecule has 0 aromatic heterocycles. The predicted molar refractivity (Wildman–Crippen MR) is 70.0 cm³/mol. The van der Waals surface area contributed by atoms with Crippen molar-refractivity contribution in [3.63, 3.8) is 0 Å². The summed E-state index contributed by atoms with van der Waals surface area (Å²) in [6.07, 6.45) is 0. The number of nitriles is 1. The molecule has 2 aliphatic rings. The highest BCUT2D eigenvalue weighted by Crippen LogP contribution is 2.36. The van der Waals surface area contributed by atoms with Crippen LogP contribution < -0.4 is 9.47 Å². The minimum atomic E-state index is 0.302. The van der Waals surface area contributed by atoms with Crippen LogP contribution in [0.5, 0.6) is 11.5 Å². The van der Waals surface area contributed by atoms with Crippen molar-refractivity contribution in [2.75, 3.05) is 40.0 Å². The molecule has 1 aromatic carbocycles. The van der Waals surface area contributed by atoms with Crippen molar-refractivity contribution in [3.05, 3.63) is 23.8 Å². The van der Waals surface area contributed by atoms with Gasteiger partial charge in [0.1, 0.15) is 0 Å². The number of benzene rings is 1. The fourth-order valence-electron chi connectivity index (χ4n) is 2.65. The van der Waals surface area contributed by atoms with E-state index in [2.05, 4.69) is 35.0 Å². The third kappa shape index (κ3) is 2.37. The van der Waals surface area contributed by atoms with Crippen LogP contribution in [0.4, 0.5) is 0 Å². The number of rotatable bonds is 2. The van der Waals surface area contributed by atoms with E-state index >= 15 is 0 Å². The maximum Gasteiger partial charge on any atom is 0.231 e. The summed E-state index contributed by atoms with van der Waals surface area (Å²) in [6, 6.07) is 8.64. The molecule has 1 unspecified atom stereocenters. The van der Waals surface area contributed by atoms with Crippen molar-refractivity contribution in [2.45, 2.75) is 6.04 Å². The summed E-state index contributed by atoms with van der Waals surface area (Å²) < 4.78 is 10.8. The molecule has 0 bridgehead atoms. The number of fused-ring (bicyclic) bond motifs is 1. The summed E-state index contributed by atoms with van der Waals surface area (Å²) in [5.41, 5.74) is 1.22. The van der Waals surface area contributed by atoms with Crippen molar-refractivity contribution in [1.29, 1.82) is 5.26 Å². The second-order valence-corrected chi connectivity index (χ2v) is 5.00. The van der Waals surface area contributed by atoms with Gasteiger partial charge in [-0.1, -0.05) is 6.07 Å². The molecule has 1 aromatic rings. The van der Waals surface area contributed by atoms with Crippen molar-refractivity contribution in [1.82, 2.24) is 9.80 Å². The number of piperazine rings is 1. The van der Waals surface area contributed by atoms with Crippen molar-refractivity contribution in [2.24, 2.45) is 0 Å². The third-order valence-corrected chi connectivity index (χ3v) is 3.81. The first kappa shape index (κ1) is 12.3. The molecule has 0 radical (unpaired) electrons. The van der Waals surface area contributed by atoms with Gasteiger partial charge in [0, 0.05) is 25.7 Å². The molecule has 1 saturated heterocycles. The quantitative estimate of drug-likeness (QED) is 0.748. The third-order valence-electron chi connectivity index (χ3n) is 3.81. The van der Waals surface area contributed by atoms with Gasteiger partial charge >= 0.3 is 0 Å². The fourth-order valence-corrected chi connectivity index (χ4v) is 2.65. The molecular weight excluding hydrogens is 242 g/mol. The Bertz CT molecular complexity index is 512. The normalized spacial score (nSPS) is 23.3.